The first-order chi connectivity index (χ1) is 16.4. The normalized spacial score (nSPS) is 17.4. The summed E-state index contributed by atoms with van der Waals surface area (Å²) in [7, 11) is -4.07. The van der Waals surface area contributed by atoms with Gasteiger partial charge in [0.05, 0.1) is 17.4 Å². The molecule has 0 bridgehead atoms. The SMILES string of the molecule is N#C[C@H](CC(N)=O)NC(=O)[C@@H]1CCCN1S(=O)(=O)c1ccc(-c2ccc(OC(F)(F)F)cc2)cc1. The third-order valence-electron chi connectivity index (χ3n) is 5.27. The molecule has 0 radical (unpaired) electrons. The minimum absolute atomic E-state index is 0.0769. The molecule has 2 atom stereocenters. The molecule has 2 aromatic carbocycles. The summed E-state index contributed by atoms with van der Waals surface area (Å²) in [5, 5.41) is 11.4. The molecule has 1 aliphatic rings. The highest BCUT2D eigenvalue weighted by Gasteiger charge is 2.40. The number of ether oxygens (including phenoxy) is 1. The standard InChI is InChI=1S/C22H21F3N4O5S/c23-22(24,25)34-17-7-3-14(4-8-17)15-5-9-18(10-6-15)35(32,33)29-11-1-2-19(29)21(31)28-16(13-26)12-20(27)30/h3-10,16,19H,1-2,11-12H2,(H2,27,30)(H,28,31)/t16-,19-/m0/s1. The number of nitrogens with two attached hydrogens (primary N) is 1. The summed E-state index contributed by atoms with van der Waals surface area (Å²) in [5.41, 5.74) is 6.16. The van der Waals surface area contributed by atoms with E-state index in [1.54, 1.807) is 6.07 Å². The Kier molecular flexibility index (Phi) is 7.67. The molecule has 1 heterocycles. The van der Waals surface area contributed by atoms with Crippen molar-refractivity contribution in [3.8, 4) is 22.9 Å². The molecule has 35 heavy (non-hydrogen) atoms. The van der Waals surface area contributed by atoms with Crippen molar-refractivity contribution in [2.45, 2.75) is 42.6 Å². The number of benzene rings is 2. The van der Waals surface area contributed by atoms with Crippen molar-refractivity contribution in [1.82, 2.24) is 9.62 Å². The largest absolute Gasteiger partial charge is 0.573 e. The number of amides is 2. The van der Waals surface area contributed by atoms with E-state index in [2.05, 4.69) is 10.1 Å². The molecule has 13 heteroatoms. The molecule has 0 aliphatic carbocycles. The number of alkyl halides is 3. The topological polar surface area (TPSA) is 143 Å². The highest BCUT2D eigenvalue weighted by molar-refractivity contribution is 7.89. The van der Waals surface area contributed by atoms with Crippen molar-refractivity contribution in [2.24, 2.45) is 5.73 Å². The highest BCUT2D eigenvalue weighted by atomic mass is 32.2. The molecule has 0 unspecified atom stereocenters. The summed E-state index contributed by atoms with van der Waals surface area (Å²) in [6, 6.07) is 10.3. The molecule has 0 spiro atoms. The van der Waals surface area contributed by atoms with Gasteiger partial charge < -0.3 is 15.8 Å². The van der Waals surface area contributed by atoms with Crippen LogP contribution in [0, 0.1) is 11.3 Å². The summed E-state index contributed by atoms with van der Waals surface area (Å²) in [5.74, 6) is -1.86. The lowest BCUT2D eigenvalue weighted by molar-refractivity contribution is -0.274. The van der Waals surface area contributed by atoms with Crippen molar-refractivity contribution in [2.75, 3.05) is 6.54 Å². The van der Waals surface area contributed by atoms with E-state index in [1.807, 2.05) is 0 Å². The van der Waals surface area contributed by atoms with E-state index in [0.29, 0.717) is 17.5 Å². The number of carbonyl (C=O) groups excluding carboxylic acids is 2. The zero-order valence-corrected chi connectivity index (χ0v) is 19.0. The zero-order valence-electron chi connectivity index (χ0n) is 18.2. The molecular weight excluding hydrogens is 489 g/mol. The molecule has 2 amide bonds. The number of nitrogens with zero attached hydrogens (tertiary/aromatic N) is 2. The Bertz CT molecular complexity index is 1230. The number of nitrogens with one attached hydrogen (secondary N) is 1. The van der Waals surface area contributed by atoms with Crippen LogP contribution in [0.5, 0.6) is 5.75 Å². The number of halogens is 3. The maximum absolute atomic E-state index is 13.2. The van der Waals surface area contributed by atoms with Crippen LogP contribution >= 0.6 is 0 Å². The second-order valence-electron chi connectivity index (χ2n) is 7.73. The third-order valence-corrected chi connectivity index (χ3v) is 7.19. The summed E-state index contributed by atoms with van der Waals surface area (Å²) >= 11 is 0. The second-order valence-corrected chi connectivity index (χ2v) is 9.62. The van der Waals surface area contributed by atoms with E-state index in [0.717, 1.165) is 16.4 Å². The Balaban J connectivity index is 1.75. The van der Waals surface area contributed by atoms with Gasteiger partial charge in [0.25, 0.3) is 0 Å². The van der Waals surface area contributed by atoms with E-state index in [1.165, 1.54) is 36.4 Å². The van der Waals surface area contributed by atoms with Crippen LogP contribution in [-0.4, -0.2) is 49.5 Å². The number of rotatable bonds is 8. The molecule has 9 nitrogen and oxygen atoms in total. The van der Waals surface area contributed by atoms with Gasteiger partial charge in [0, 0.05) is 6.54 Å². The van der Waals surface area contributed by atoms with Gasteiger partial charge in [-0.2, -0.15) is 9.57 Å². The van der Waals surface area contributed by atoms with Crippen molar-refractivity contribution in [3.05, 3.63) is 48.5 Å². The predicted molar refractivity (Wildman–Crippen MR) is 117 cm³/mol. The molecular formula is C22H21F3N4O5S. The lowest BCUT2D eigenvalue weighted by Gasteiger charge is -2.24. The Morgan fingerprint density at radius 1 is 1.14 bits per heavy atom. The minimum Gasteiger partial charge on any atom is -0.406 e. The molecule has 3 rings (SSSR count). The second kappa shape index (κ2) is 10.3. The number of hydrogen-bond acceptors (Lipinski definition) is 6. The molecule has 1 fully saturated rings. The zero-order chi connectivity index (χ0) is 25.8. The monoisotopic (exact) mass is 510 g/mol. The van der Waals surface area contributed by atoms with E-state index < -0.39 is 46.7 Å². The van der Waals surface area contributed by atoms with Gasteiger partial charge >= 0.3 is 6.36 Å². The van der Waals surface area contributed by atoms with Crippen molar-refractivity contribution < 1.29 is 35.9 Å². The average molecular weight is 510 g/mol. The maximum atomic E-state index is 13.2. The highest BCUT2D eigenvalue weighted by Crippen LogP contribution is 2.30. The van der Waals surface area contributed by atoms with Gasteiger partial charge in [-0.15, -0.1) is 13.2 Å². The first-order valence-electron chi connectivity index (χ1n) is 10.4. The van der Waals surface area contributed by atoms with Crippen molar-refractivity contribution >= 4 is 21.8 Å². The minimum atomic E-state index is -4.81. The fourth-order valence-corrected chi connectivity index (χ4v) is 5.35. The Morgan fingerprint density at radius 2 is 1.71 bits per heavy atom. The molecule has 2 aromatic rings. The summed E-state index contributed by atoms with van der Waals surface area (Å²) in [4.78, 5) is 23.6. The fraction of sp³-hybridized carbons (Fsp3) is 0.318. The van der Waals surface area contributed by atoms with E-state index in [4.69, 9.17) is 11.0 Å². The summed E-state index contributed by atoms with van der Waals surface area (Å²) < 4.78 is 68.2. The van der Waals surface area contributed by atoms with Crippen LogP contribution < -0.4 is 15.8 Å². The van der Waals surface area contributed by atoms with Crippen molar-refractivity contribution in [1.29, 1.82) is 5.26 Å². The van der Waals surface area contributed by atoms with Crippen LogP contribution in [0.3, 0.4) is 0 Å². The van der Waals surface area contributed by atoms with Crippen LogP contribution in [-0.2, 0) is 19.6 Å². The summed E-state index contributed by atoms with van der Waals surface area (Å²) in [6.45, 7) is 0.0931. The van der Waals surface area contributed by atoms with Crippen molar-refractivity contribution in [3.63, 3.8) is 0 Å². The quantitative estimate of drug-likeness (QED) is 0.558. The molecule has 1 saturated heterocycles. The van der Waals surface area contributed by atoms with Gasteiger partial charge in [-0.3, -0.25) is 9.59 Å². The van der Waals surface area contributed by atoms with Crippen LogP contribution in [0.15, 0.2) is 53.4 Å². The number of nitriles is 1. The molecule has 3 N–H and O–H groups in total. The molecule has 0 saturated carbocycles. The number of sulfonamides is 1. The van der Waals surface area contributed by atoms with Crippen LogP contribution in [0.2, 0.25) is 0 Å². The Labute approximate surface area is 199 Å². The van der Waals surface area contributed by atoms with Gasteiger partial charge in [-0.05, 0) is 48.2 Å². The van der Waals surface area contributed by atoms with Gasteiger partial charge in [0.1, 0.15) is 17.8 Å². The number of carbonyl (C=O) groups is 2. The lowest BCUT2D eigenvalue weighted by Crippen LogP contribution is -2.49. The van der Waals surface area contributed by atoms with Gasteiger partial charge in [0.15, 0.2) is 0 Å². The first-order valence-corrected chi connectivity index (χ1v) is 11.8. The molecule has 1 aliphatic heterocycles. The maximum Gasteiger partial charge on any atom is 0.573 e. The number of primary amides is 1. The van der Waals surface area contributed by atoms with Crippen LogP contribution in [0.1, 0.15) is 19.3 Å². The van der Waals surface area contributed by atoms with E-state index in [-0.39, 0.29) is 23.6 Å². The Hall–Kier alpha value is -3.63. The molecule has 186 valence electrons. The summed E-state index contributed by atoms with van der Waals surface area (Å²) in [6.07, 6.45) is -4.54. The first kappa shape index (κ1) is 26.0. The Morgan fingerprint density at radius 3 is 2.23 bits per heavy atom. The van der Waals surface area contributed by atoms with E-state index >= 15 is 0 Å². The van der Waals surface area contributed by atoms with Gasteiger partial charge in [0.2, 0.25) is 21.8 Å². The lowest BCUT2D eigenvalue weighted by atomic mass is 10.1. The van der Waals surface area contributed by atoms with Crippen LogP contribution in [0.25, 0.3) is 11.1 Å². The average Bonchev–Trinajstić information content (AvgIpc) is 3.29. The smallest absolute Gasteiger partial charge is 0.406 e. The predicted octanol–water partition coefficient (Wildman–Crippen LogP) is 2.29. The number of hydrogen-bond donors (Lipinski definition) is 2. The van der Waals surface area contributed by atoms with Crippen LogP contribution in [0.4, 0.5) is 13.2 Å². The van der Waals surface area contributed by atoms with Gasteiger partial charge in [-0.25, -0.2) is 8.42 Å². The molecule has 0 aromatic heterocycles. The van der Waals surface area contributed by atoms with E-state index in [9.17, 15) is 31.2 Å². The third kappa shape index (κ3) is 6.49. The fourth-order valence-electron chi connectivity index (χ4n) is 3.69. The van der Waals surface area contributed by atoms with Gasteiger partial charge in [-0.1, -0.05) is 24.3 Å².